The second-order valence-electron chi connectivity index (χ2n) is 5.83. The van der Waals surface area contributed by atoms with Crippen molar-refractivity contribution in [1.82, 2.24) is 0 Å². The highest BCUT2D eigenvalue weighted by molar-refractivity contribution is 5.78. The molecule has 6 heteroatoms. The lowest BCUT2D eigenvalue weighted by molar-refractivity contribution is 0.296. The molecular formula is C20H14N2O4. The van der Waals surface area contributed by atoms with Crippen LogP contribution >= 0.6 is 0 Å². The fraction of sp³-hybridized carbons (Fsp3) is 0.100. The molecule has 0 aliphatic carbocycles. The molecule has 1 aliphatic heterocycles. The van der Waals surface area contributed by atoms with Crippen molar-refractivity contribution in [2.45, 2.75) is 5.92 Å². The summed E-state index contributed by atoms with van der Waals surface area (Å²) in [4.78, 5) is 13.1. The third-order valence-electron chi connectivity index (χ3n) is 4.39. The van der Waals surface area contributed by atoms with Crippen LogP contribution in [-0.4, -0.2) is 7.11 Å². The third kappa shape index (κ3) is 2.30. The number of rotatable bonds is 2. The van der Waals surface area contributed by atoms with Gasteiger partial charge in [0.2, 0.25) is 11.3 Å². The fourth-order valence-corrected chi connectivity index (χ4v) is 3.18. The molecule has 1 aliphatic rings. The lowest BCUT2D eigenvalue weighted by Crippen LogP contribution is -2.26. The van der Waals surface area contributed by atoms with Gasteiger partial charge in [0.05, 0.1) is 24.0 Å². The van der Waals surface area contributed by atoms with E-state index in [1.807, 2.05) is 6.07 Å². The largest absolute Gasteiger partial charge is 0.497 e. The summed E-state index contributed by atoms with van der Waals surface area (Å²) in [7, 11) is 1.55. The Kier molecular flexibility index (Phi) is 3.63. The molecule has 4 rings (SSSR count). The van der Waals surface area contributed by atoms with Crippen molar-refractivity contribution >= 4 is 11.0 Å². The number of fused-ring (bicyclic) bond motifs is 2. The number of methoxy groups -OCH3 is 1. The molecule has 3 aromatic rings. The third-order valence-corrected chi connectivity index (χ3v) is 4.39. The van der Waals surface area contributed by atoms with Gasteiger partial charge in [0.15, 0.2) is 0 Å². The van der Waals surface area contributed by atoms with Crippen LogP contribution in [0, 0.1) is 11.3 Å². The van der Waals surface area contributed by atoms with Crippen LogP contribution in [0.3, 0.4) is 0 Å². The molecule has 128 valence electrons. The predicted molar refractivity (Wildman–Crippen MR) is 94.8 cm³/mol. The highest BCUT2D eigenvalue weighted by atomic mass is 16.6. The van der Waals surface area contributed by atoms with Gasteiger partial charge in [0.25, 0.3) is 5.95 Å². The van der Waals surface area contributed by atoms with Crippen molar-refractivity contribution < 1.29 is 13.9 Å². The standard InChI is InChI=1S/C20H14N2O4/c1-24-12-6-4-5-11(9-12)16-14(10-21)19(22)26-20-17(16)18(23)13-7-2-3-8-15(13)25-20/h2-9,16H,22H2,1H3/t16-/m0/s1. The van der Waals surface area contributed by atoms with Crippen LogP contribution in [0.25, 0.3) is 11.0 Å². The number of hydrogen-bond donors (Lipinski definition) is 1. The van der Waals surface area contributed by atoms with E-state index >= 15 is 0 Å². The molecule has 1 aromatic heterocycles. The normalized spacial score (nSPS) is 15.9. The van der Waals surface area contributed by atoms with Crippen LogP contribution in [0.5, 0.6) is 11.7 Å². The molecule has 2 N–H and O–H groups in total. The number of nitrogens with two attached hydrogens (primary N) is 1. The Bertz CT molecular complexity index is 1150. The first-order valence-electron chi connectivity index (χ1n) is 7.91. The highest BCUT2D eigenvalue weighted by Gasteiger charge is 2.35. The summed E-state index contributed by atoms with van der Waals surface area (Å²) in [6, 6.07) is 16.1. The molecule has 6 nitrogen and oxygen atoms in total. The maximum atomic E-state index is 13.1. The molecule has 0 unspecified atom stereocenters. The van der Waals surface area contributed by atoms with E-state index in [2.05, 4.69) is 6.07 Å². The zero-order chi connectivity index (χ0) is 18.3. The molecule has 2 aromatic carbocycles. The first-order chi connectivity index (χ1) is 12.6. The van der Waals surface area contributed by atoms with Gasteiger partial charge in [0, 0.05) is 0 Å². The fourth-order valence-electron chi connectivity index (χ4n) is 3.18. The first-order valence-corrected chi connectivity index (χ1v) is 7.91. The summed E-state index contributed by atoms with van der Waals surface area (Å²) in [5.74, 6) is -0.152. The lowest BCUT2D eigenvalue weighted by Gasteiger charge is -2.25. The van der Waals surface area contributed by atoms with Gasteiger partial charge in [-0.1, -0.05) is 24.3 Å². The number of ether oxygens (including phenoxy) is 2. The molecule has 26 heavy (non-hydrogen) atoms. The van der Waals surface area contributed by atoms with Gasteiger partial charge in [0.1, 0.15) is 23.0 Å². The number of nitrogens with zero attached hydrogens (tertiary/aromatic N) is 1. The van der Waals surface area contributed by atoms with Gasteiger partial charge in [-0.3, -0.25) is 4.79 Å². The van der Waals surface area contributed by atoms with Crippen LogP contribution in [-0.2, 0) is 0 Å². The van der Waals surface area contributed by atoms with Gasteiger partial charge in [-0.2, -0.15) is 5.26 Å². The molecule has 2 heterocycles. The molecule has 0 amide bonds. The van der Waals surface area contributed by atoms with Gasteiger partial charge >= 0.3 is 0 Å². The van der Waals surface area contributed by atoms with Crippen molar-refractivity contribution in [3.8, 4) is 17.8 Å². The minimum atomic E-state index is -0.695. The van der Waals surface area contributed by atoms with E-state index in [9.17, 15) is 10.1 Å². The Balaban J connectivity index is 2.06. The quantitative estimate of drug-likeness (QED) is 0.766. The molecule has 0 radical (unpaired) electrons. The van der Waals surface area contributed by atoms with E-state index in [1.54, 1.807) is 49.6 Å². The van der Waals surface area contributed by atoms with Crippen molar-refractivity contribution in [3.05, 3.63) is 81.3 Å². The lowest BCUT2D eigenvalue weighted by atomic mass is 9.84. The molecule has 0 fully saturated rings. The number of hydrogen-bond acceptors (Lipinski definition) is 6. The monoisotopic (exact) mass is 346 g/mol. The smallest absolute Gasteiger partial charge is 0.300 e. The highest BCUT2D eigenvalue weighted by Crippen LogP contribution is 2.42. The van der Waals surface area contributed by atoms with Gasteiger partial charge in [-0.15, -0.1) is 0 Å². The Labute approximate surface area is 148 Å². The van der Waals surface area contributed by atoms with E-state index in [4.69, 9.17) is 19.6 Å². The Morgan fingerprint density at radius 3 is 2.77 bits per heavy atom. The minimum absolute atomic E-state index is 0.0121. The summed E-state index contributed by atoms with van der Waals surface area (Å²) in [6.45, 7) is 0. The van der Waals surface area contributed by atoms with E-state index in [0.29, 0.717) is 22.3 Å². The van der Waals surface area contributed by atoms with E-state index in [1.165, 1.54) is 0 Å². The summed E-state index contributed by atoms with van der Waals surface area (Å²) in [6.07, 6.45) is 0. The van der Waals surface area contributed by atoms with E-state index < -0.39 is 5.92 Å². The average molecular weight is 346 g/mol. The molecular weight excluding hydrogens is 332 g/mol. The first kappa shape index (κ1) is 15.8. The summed E-state index contributed by atoms with van der Waals surface area (Å²) in [5, 5.41) is 10.0. The average Bonchev–Trinajstić information content (AvgIpc) is 2.67. The zero-order valence-electron chi connectivity index (χ0n) is 13.9. The van der Waals surface area contributed by atoms with Crippen molar-refractivity contribution in [3.63, 3.8) is 0 Å². The number of para-hydroxylation sites is 1. The summed E-state index contributed by atoms with van der Waals surface area (Å²) < 4.78 is 16.5. The minimum Gasteiger partial charge on any atom is -0.497 e. The summed E-state index contributed by atoms with van der Waals surface area (Å²) in [5.41, 5.74) is 7.18. The second kappa shape index (κ2) is 5.97. The molecule has 0 saturated carbocycles. The predicted octanol–water partition coefficient (Wildman–Crippen LogP) is 3.02. The SMILES string of the molecule is COc1cccc([C@H]2C(C#N)=C(N)Oc3oc4ccccc4c(=O)c32)c1. The van der Waals surface area contributed by atoms with Crippen LogP contribution in [0.1, 0.15) is 17.0 Å². The second-order valence-corrected chi connectivity index (χ2v) is 5.83. The van der Waals surface area contributed by atoms with Gasteiger partial charge < -0.3 is 19.6 Å². The molecule has 0 saturated heterocycles. The maximum Gasteiger partial charge on any atom is 0.300 e. The van der Waals surface area contributed by atoms with E-state index in [0.717, 1.165) is 0 Å². The van der Waals surface area contributed by atoms with Crippen molar-refractivity contribution in [2.75, 3.05) is 7.11 Å². The van der Waals surface area contributed by atoms with Crippen LogP contribution in [0.4, 0.5) is 0 Å². The number of allylic oxidation sites excluding steroid dienone is 1. The van der Waals surface area contributed by atoms with Crippen molar-refractivity contribution in [1.29, 1.82) is 5.26 Å². The summed E-state index contributed by atoms with van der Waals surface area (Å²) >= 11 is 0. The topological polar surface area (TPSA) is 98.5 Å². The number of benzene rings is 2. The van der Waals surface area contributed by atoms with Crippen molar-refractivity contribution in [2.24, 2.45) is 5.73 Å². The Morgan fingerprint density at radius 1 is 1.19 bits per heavy atom. The molecule has 0 spiro atoms. The Hall–Kier alpha value is -3.72. The van der Waals surface area contributed by atoms with Crippen LogP contribution in [0.2, 0.25) is 0 Å². The van der Waals surface area contributed by atoms with Gasteiger partial charge in [-0.25, -0.2) is 0 Å². The Morgan fingerprint density at radius 2 is 2.00 bits per heavy atom. The van der Waals surface area contributed by atoms with Crippen LogP contribution in [0.15, 0.2) is 69.2 Å². The van der Waals surface area contributed by atoms with Crippen LogP contribution < -0.4 is 20.6 Å². The molecule has 1 atom stereocenters. The van der Waals surface area contributed by atoms with Gasteiger partial charge in [-0.05, 0) is 29.8 Å². The number of nitriles is 1. The van der Waals surface area contributed by atoms with E-state index in [-0.39, 0.29) is 28.4 Å². The zero-order valence-corrected chi connectivity index (χ0v) is 13.9. The molecule has 0 bridgehead atoms. The maximum absolute atomic E-state index is 13.1.